The molecule has 1 atom stereocenters. The van der Waals surface area contributed by atoms with E-state index in [4.69, 9.17) is 4.74 Å². The highest BCUT2D eigenvalue weighted by molar-refractivity contribution is 9.10. The van der Waals surface area contributed by atoms with Crippen LogP contribution in [0.4, 0.5) is 0 Å². The molecule has 0 aromatic heterocycles. The largest absolute Gasteiger partial charge is 0.484 e. The van der Waals surface area contributed by atoms with Gasteiger partial charge in [0.15, 0.2) is 6.61 Å². The summed E-state index contributed by atoms with van der Waals surface area (Å²) in [6.07, 6.45) is 1.20. The minimum Gasteiger partial charge on any atom is -0.484 e. The smallest absolute Gasteiger partial charge is 0.261 e. The maximum Gasteiger partial charge on any atom is 0.261 e. The summed E-state index contributed by atoms with van der Waals surface area (Å²) in [5.74, 6) is 0.304. The lowest BCUT2D eigenvalue weighted by Gasteiger charge is -2.33. The van der Waals surface area contributed by atoms with E-state index in [1.165, 1.54) is 0 Å². The number of nitrogens with zero attached hydrogens (tertiary/aromatic N) is 1. The second kappa shape index (κ2) is 11.5. The van der Waals surface area contributed by atoms with E-state index in [1.54, 1.807) is 4.90 Å². The van der Waals surface area contributed by atoms with Crippen molar-refractivity contribution in [2.75, 3.05) is 13.2 Å². The van der Waals surface area contributed by atoms with Crippen molar-refractivity contribution in [2.45, 2.75) is 66.0 Å². The molecule has 2 amide bonds. The number of amides is 2. The number of halogens is 1. The highest BCUT2D eigenvalue weighted by Gasteiger charge is 2.30. The van der Waals surface area contributed by atoms with Crippen molar-refractivity contribution in [2.24, 2.45) is 0 Å². The molecule has 0 radical (unpaired) electrons. The van der Waals surface area contributed by atoms with Gasteiger partial charge in [-0.25, -0.2) is 0 Å². The van der Waals surface area contributed by atoms with Gasteiger partial charge in [0.05, 0.1) is 0 Å². The lowest BCUT2D eigenvalue weighted by atomic mass is 10.1. The van der Waals surface area contributed by atoms with Gasteiger partial charge < -0.3 is 15.0 Å². The summed E-state index contributed by atoms with van der Waals surface area (Å²) < 4.78 is 6.88. The van der Waals surface area contributed by atoms with E-state index in [0.717, 1.165) is 21.2 Å². The van der Waals surface area contributed by atoms with Gasteiger partial charge >= 0.3 is 0 Å². The predicted molar refractivity (Wildman–Crippen MR) is 133 cm³/mol. The monoisotopic (exact) mass is 502 g/mol. The first kappa shape index (κ1) is 25.9. The van der Waals surface area contributed by atoms with Crippen molar-refractivity contribution in [3.05, 3.63) is 63.6 Å². The third-order valence-electron chi connectivity index (χ3n) is 5.14. The van der Waals surface area contributed by atoms with Crippen LogP contribution in [0, 0.1) is 13.8 Å². The Morgan fingerprint density at radius 1 is 1.09 bits per heavy atom. The van der Waals surface area contributed by atoms with E-state index in [0.29, 0.717) is 25.1 Å². The van der Waals surface area contributed by atoms with Gasteiger partial charge in [-0.1, -0.05) is 53.2 Å². The van der Waals surface area contributed by atoms with Gasteiger partial charge in [-0.2, -0.15) is 0 Å². The summed E-state index contributed by atoms with van der Waals surface area (Å²) in [6, 6.07) is 13.2. The standard InChI is InChI=1S/C26H35BrN2O3/c1-7-22(25(31)28-26(4,5)6)29(14-13-20-11-9-8-10-12-20)23(30)17-32-21-15-18(2)24(27)19(3)16-21/h8-12,15-16,22H,7,13-14,17H2,1-6H3,(H,28,31). The van der Waals surface area contributed by atoms with Crippen LogP contribution < -0.4 is 10.1 Å². The van der Waals surface area contributed by atoms with Gasteiger partial charge in [-0.05, 0) is 76.3 Å². The average molecular weight is 503 g/mol. The molecular weight excluding hydrogens is 468 g/mol. The molecule has 0 fully saturated rings. The number of rotatable bonds is 9. The lowest BCUT2D eigenvalue weighted by Crippen LogP contribution is -2.54. The predicted octanol–water partition coefficient (Wildman–Crippen LogP) is 5.21. The topological polar surface area (TPSA) is 58.6 Å². The summed E-state index contributed by atoms with van der Waals surface area (Å²) in [6.45, 7) is 12.1. The second-order valence-corrected chi connectivity index (χ2v) is 9.94. The Hall–Kier alpha value is -2.34. The average Bonchev–Trinajstić information content (AvgIpc) is 2.72. The van der Waals surface area contributed by atoms with Crippen LogP contribution in [0.3, 0.4) is 0 Å². The Morgan fingerprint density at radius 2 is 1.69 bits per heavy atom. The number of hydrogen-bond acceptors (Lipinski definition) is 3. The van der Waals surface area contributed by atoms with Gasteiger partial charge in [0.1, 0.15) is 11.8 Å². The lowest BCUT2D eigenvalue weighted by molar-refractivity contribution is -0.142. The molecule has 2 aromatic rings. The van der Waals surface area contributed by atoms with Crippen molar-refractivity contribution in [1.82, 2.24) is 10.2 Å². The van der Waals surface area contributed by atoms with E-state index in [-0.39, 0.29) is 24.0 Å². The Morgan fingerprint density at radius 3 is 2.22 bits per heavy atom. The van der Waals surface area contributed by atoms with Crippen LogP contribution in [0.15, 0.2) is 46.9 Å². The fourth-order valence-electron chi connectivity index (χ4n) is 3.57. The van der Waals surface area contributed by atoms with Gasteiger partial charge in [-0.3, -0.25) is 9.59 Å². The molecule has 0 heterocycles. The molecule has 2 aromatic carbocycles. The number of aryl methyl sites for hydroxylation is 2. The summed E-state index contributed by atoms with van der Waals surface area (Å²) in [5, 5.41) is 3.02. The number of nitrogens with one attached hydrogen (secondary N) is 1. The SMILES string of the molecule is CCC(C(=O)NC(C)(C)C)N(CCc1ccccc1)C(=O)COc1cc(C)c(Br)c(C)c1. The van der Waals surface area contributed by atoms with Crippen molar-refractivity contribution >= 4 is 27.7 Å². The number of carbonyl (C=O) groups is 2. The van der Waals surface area contributed by atoms with E-state index < -0.39 is 6.04 Å². The quantitative estimate of drug-likeness (QED) is 0.511. The van der Waals surface area contributed by atoms with Gasteiger partial charge in [0.2, 0.25) is 5.91 Å². The molecular formula is C26H35BrN2O3. The van der Waals surface area contributed by atoms with Crippen LogP contribution in [0.5, 0.6) is 5.75 Å². The van der Waals surface area contributed by atoms with Gasteiger partial charge in [0, 0.05) is 16.6 Å². The summed E-state index contributed by atoms with van der Waals surface area (Å²) in [5.41, 5.74) is 2.84. The van der Waals surface area contributed by atoms with E-state index in [9.17, 15) is 9.59 Å². The zero-order valence-electron chi connectivity index (χ0n) is 20.0. The van der Waals surface area contributed by atoms with E-state index in [2.05, 4.69) is 21.2 Å². The van der Waals surface area contributed by atoms with E-state index in [1.807, 2.05) is 84.0 Å². The van der Waals surface area contributed by atoms with Gasteiger partial charge in [0.25, 0.3) is 5.91 Å². The molecule has 0 bridgehead atoms. The Balaban J connectivity index is 2.19. The molecule has 174 valence electrons. The maximum atomic E-state index is 13.3. The molecule has 32 heavy (non-hydrogen) atoms. The molecule has 1 unspecified atom stereocenters. The van der Waals surface area contributed by atoms with Crippen molar-refractivity contribution in [3.63, 3.8) is 0 Å². The molecule has 0 spiro atoms. The van der Waals surface area contributed by atoms with Crippen LogP contribution in [0.2, 0.25) is 0 Å². The highest BCUT2D eigenvalue weighted by Crippen LogP contribution is 2.26. The molecule has 0 aliphatic heterocycles. The Bertz CT molecular complexity index is 899. The zero-order valence-corrected chi connectivity index (χ0v) is 21.6. The molecule has 0 saturated heterocycles. The fourth-order valence-corrected chi connectivity index (χ4v) is 3.80. The van der Waals surface area contributed by atoms with E-state index >= 15 is 0 Å². The van der Waals surface area contributed by atoms with Crippen LogP contribution in [0.25, 0.3) is 0 Å². The number of carbonyl (C=O) groups excluding carboxylic acids is 2. The van der Waals surface area contributed by atoms with Crippen molar-refractivity contribution in [3.8, 4) is 5.75 Å². The first-order chi connectivity index (χ1) is 15.0. The summed E-state index contributed by atoms with van der Waals surface area (Å²) in [7, 11) is 0. The third-order valence-corrected chi connectivity index (χ3v) is 6.39. The molecule has 5 nitrogen and oxygen atoms in total. The van der Waals surface area contributed by atoms with Gasteiger partial charge in [-0.15, -0.1) is 0 Å². The molecule has 6 heteroatoms. The molecule has 0 saturated carbocycles. The highest BCUT2D eigenvalue weighted by atomic mass is 79.9. The second-order valence-electron chi connectivity index (χ2n) is 9.15. The summed E-state index contributed by atoms with van der Waals surface area (Å²) >= 11 is 3.55. The van der Waals surface area contributed by atoms with Crippen molar-refractivity contribution in [1.29, 1.82) is 0 Å². The first-order valence-corrected chi connectivity index (χ1v) is 11.9. The Kier molecular flexibility index (Phi) is 9.32. The number of ether oxygens (including phenoxy) is 1. The van der Waals surface area contributed by atoms with Crippen LogP contribution in [-0.4, -0.2) is 41.4 Å². The van der Waals surface area contributed by atoms with Crippen LogP contribution in [-0.2, 0) is 16.0 Å². The molecule has 2 rings (SSSR count). The third kappa shape index (κ3) is 7.66. The zero-order chi connectivity index (χ0) is 23.9. The minimum atomic E-state index is -0.553. The molecule has 1 N–H and O–H groups in total. The summed E-state index contributed by atoms with van der Waals surface area (Å²) in [4.78, 5) is 27.9. The molecule has 0 aliphatic rings. The first-order valence-electron chi connectivity index (χ1n) is 11.1. The van der Waals surface area contributed by atoms with Crippen LogP contribution >= 0.6 is 15.9 Å². The maximum absolute atomic E-state index is 13.3. The van der Waals surface area contributed by atoms with Crippen LogP contribution in [0.1, 0.15) is 50.8 Å². The number of hydrogen-bond donors (Lipinski definition) is 1. The normalized spacial score (nSPS) is 12.2. The molecule has 0 aliphatic carbocycles. The van der Waals surface area contributed by atoms with Crippen molar-refractivity contribution < 1.29 is 14.3 Å². The minimum absolute atomic E-state index is 0.116. The fraction of sp³-hybridized carbons (Fsp3) is 0.462. The number of benzene rings is 2. The Labute approximate surface area is 200 Å².